The summed E-state index contributed by atoms with van der Waals surface area (Å²) in [4.78, 5) is 27.2. The van der Waals surface area contributed by atoms with Crippen LogP contribution in [0.2, 0.25) is 0 Å². The van der Waals surface area contributed by atoms with Crippen molar-refractivity contribution in [3.8, 4) is 29.1 Å². The maximum Gasteiger partial charge on any atom is 0.573 e. The van der Waals surface area contributed by atoms with Crippen LogP contribution in [-0.2, 0) is 9.53 Å². The Labute approximate surface area is 229 Å². The van der Waals surface area contributed by atoms with Gasteiger partial charge in [-0.05, 0) is 56.6 Å². The number of nitrogens with zero attached hydrogens (tertiary/aromatic N) is 1. The first-order chi connectivity index (χ1) is 19.0. The van der Waals surface area contributed by atoms with Gasteiger partial charge in [0.15, 0.2) is 6.10 Å². The van der Waals surface area contributed by atoms with E-state index in [4.69, 9.17) is 14.2 Å². The van der Waals surface area contributed by atoms with Crippen LogP contribution in [0.1, 0.15) is 42.7 Å². The van der Waals surface area contributed by atoms with Gasteiger partial charge in [0.1, 0.15) is 17.2 Å². The second-order valence-electron chi connectivity index (χ2n) is 9.70. The number of rotatable bonds is 6. The number of alkyl halides is 3. The fourth-order valence-corrected chi connectivity index (χ4v) is 4.58. The van der Waals surface area contributed by atoms with Crippen molar-refractivity contribution in [3.63, 3.8) is 0 Å². The Morgan fingerprint density at radius 2 is 1.93 bits per heavy atom. The monoisotopic (exact) mass is 561 g/mol. The lowest BCUT2D eigenvalue weighted by Crippen LogP contribution is -2.41. The van der Waals surface area contributed by atoms with Gasteiger partial charge < -0.3 is 29.6 Å². The average molecular weight is 562 g/mol. The fourth-order valence-electron chi connectivity index (χ4n) is 4.58. The molecule has 9 nitrogen and oxygen atoms in total. The summed E-state index contributed by atoms with van der Waals surface area (Å²) in [7, 11) is 4.99. The smallest absolute Gasteiger partial charge is 0.477 e. The van der Waals surface area contributed by atoms with Gasteiger partial charge in [-0.15, -0.1) is 13.2 Å². The van der Waals surface area contributed by atoms with Gasteiger partial charge in [-0.3, -0.25) is 9.69 Å². The number of nitrogens with one attached hydrogen (secondary N) is 2. The second-order valence-corrected chi connectivity index (χ2v) is 9.70. The second kappa shape index (κ2) is 12.4. The normalized spacial score (nSPS) is 16.6. The number of benzene rings is 2. The molecule has 1 aliphatic heterocycles. The van der Waals surface area contributed by atoms with E-state index in [0.717, 1.165) is 43.4 Å². The summed E-state index contributed by atoms with van der Waals surface area (Å²) < 4.78 is 57.5. The van der Waals surface area contributed by atoms with Crippen molar-refractivity contribution in [1.82, 2.24) is 4.90 Å². The van der Waals surface area contributed by atoms with E-state index >= 15 is 0 Å². The Balaban J connectivity index is 1.60. The van der Waals surface area contributed by atoms with E-state index in [1.54, 1.807) is 6.07 Å². The zero-order valence-corrected chi connectivity index (χ0v) is 22.3. The number of ether oxygens (including phenoxy) is 4. The minimum absolute atomic E-state index is 0.0123. The topological polar surface area (TPSA) is 98.4 Å². The van der Waals surface area contributed by atoms with Crippen molar-refractivity contribution in [2.45, 2.75) is 44.1 Å². The predicted molar refractivity (Wildman–Crippen MR) is 141 cm³/mol. The number of amides is 1. The third kappa shape index (κ3) is 7.51. The Bertz CT molecular complexity index is 1310. The molecule has 12 heteroatoms. The first kappa shape index (κ1) is 28.9. The zero-order valence-electron chi connectivity index (χ0n) is 22.3. The Morgan fingerprint density at radius 1 is 1.18 bits per heavy atom. The summed E-state index contributed by atoms with van der Waals surface area (Å²) >= 11 is 0. The SMILES string of the molecule is COC(=O)Oc1cc(NC(=O)C2CNc3cc(OC(F)(F)F)ccc3O2)c(C#CCN(C)C)cc1C1CCCC1. The van der Waals surface area contributed by atoms with Gasteiger partial charge in [-0.25, -0.2) is 4.79 Å². The molecule has 2 aliphatic rings. The molecule has 214 valence electrons. The Morgan fingerprint density at radius 3 is 2.60 bits per heavy atom. The molecule has 2 aromatic rings. The summed E-state index contributed by atoms with van der Waals surface area (Å²) in [6.07, 6.45) is -2.74. The number of hydrogen-bond donors (Lipinski definition) is 2. The van der Waals surface area contributed by atoms with E-state index in [2.05, 4.69) is 27.2 Å². The quantitative estimate of drug-likeness (QED) is 0.285. The Kier molecular flexibility index (Phi) is 8.94. The van der Waals surface area contributed by atoms with Gasteiger partial charge in [0.2, 0.25) is 0 Å². The van der Waals surface area contributed by atoms with Crippen molar-refractivity contribution < 1.29 is 41.7 Å². The van der Waals surface area contributed by atoms with Crippen LogP contribution in [0.25, 0.3) is 0 Å². The maximum atomic E-state index is 13.3. The van der Waals surface area contributed by atoms with Crippen LogP contribution in [-0.4, -0.2) is 63.7 Å². The molecule has 1 heterocycles. The minimum Gasteiger partial charge on any atom is -0.477 e. The van der Waals surface area contributed by atoms with E-state index in [0.29, 0.717) is 17.8 Å². The highest BCUT2D eigenvalue weighted by Gasteiger charge is 2.33. The highest BCUT2D eigenvalue weighted by atomic mass is 19.4. The van der Waals surface area contributed by atoms with Gasteiger partial charge in [0.25, 0.3) is 5.91 Å². The zero-order chi connectivity index (χ0) is 28.9. The molecule has 40 heavy (non-hydrogen) atoms. The molecule has 1 aliphatic carbocycles. The first-order valence-corrected chi connectivity index (χ1v) is 12.7. The molecule has 2 N–H and O–H groups in total. The third-order valence-electron chi connectivity index (χ3n) is 6.41. The highest BCUT2D eigenvalue weighted by molar-refractivity contribution is 5.97. The van der Waals surface area contributed by atoms with Crippen LogP contribution in [0, 0.1) is 11.8 Å². The number of methoxy groups -OCH3 is 1. The lowest BCUT2D eigenvalue weighted by Gasteiger charge is -2.27. The van der Waals surface area contributed by atoms with Gasteiger partial charge >= 0.3 is 12.5 Å². The van der Waals surface area contributed by atoms with Crippen LogP contribution < -0.4 is 24.8 Å². The molecule has 4 rings (SSSR count). The molecule has 1 saturated carbocycles. The number of anilines is 2. The summed E-state index contributed by atoms with van der Waals surface area (Å²) in [5, 5.41) is 5.72. The van der Waals surface area contributed by atoms with Crippen molar-refractivity contribution >= 4 is 23.4 Å². The van der Waals surface area contributed by atoms with Crippen LogP contribution in [0.15, 0.2) is 30.3 Å². The highest BCUT2D eigenvalue weighted by Crippen LogP contribution is 2.41. The Hall–Kier alpha value is -4.11. The summed E-state index contributed by atoms with van der Waals surface area (Å²) in [5.74, 6) is 5.89. The molecule has 1 unspecified atom stereocenters. The van der Waals surface area contributed by atoms with Gasteiger partial charge in [0, 0.05) is 17.7 Å². The number of carbonyl (C=O) groups is 2. The standard InChI is InChI=1S/C28H30F3N3O6/c1-34(2)12-6-9-18-13-20(17-7-4-5-8-17)24(39-27(36)37-3)15-21(18)33-26(35)25-16-32-22-14-19(40-28(29,30)31)10-11-23(22)38-25/h10-11,13-15,17,25,32H,4-5,7-8,12,16H2,1-3H3,(H,33,35). The summed E-state index contributed by atoms with van der Waals surface area (Å²) in [6, 6.07) is 6.94. The molecule has 0 saturated heterocycles. The molecule has 1 atom stereocenters. The minimum atomic E-state index is -4.83. The van der Waals surface area contributed by atoms with E-state index < -0.39 is 30.3 Å². The van der Waals surface area contributed by atoms with Crippen molar-refractivity contribution in [1.29, 1.82) is 0 Å². The van der Waals surface area contributed by atoms with Gasteiger partial charge in [-0.1, -0.05) is 24.7 Å². The number of carbonyl (C=O) groups excluding carboxylic acids is 2. The largest absolute Gasteiger partial charge is 0.573 e. The van der Waals surface area contributed by atoms with Crippen LogP contribution in [0.3, 0.4) is 0 Å². The number of halogens is 3. The summed E-state index contributed by atoms with van der Waals surface area (Å²) in [5.41, 5.74) is 1.94. The molecular weight excluding hydrogens is 531 g/mol. The fraction of sp³-hybridized carbons (Fsp3) is 0.429. The number of hydrogen-bond acceptors (Lipinski definition) is 8. The van der Waals surface area contributed by atoms with E-state index in [9.17, 15) is 22.8 Å². The van der Waals surface area contributed by atoms with Crippen LogP contribution >= 0.6 is 0 Å². The average Bonchev–Trinajstić information content (AvgIpc) is 3.43. The molecule has 0 spiro atoms. The van der Waals surface area contributed by atoms with Gasteiger partial charge in [-0.2, -0.15) is 0 Å². The molecule has 0 aromatic heterocycles. The van der Waals surface area contributed by atoms with E-state index in [1.807, 2.05) is 25.1 Å². The summed E-state index contributed by atoms with van der Waals surface area (Å²) in [6.45, 7) is 0.473. The molecule has 1 amide bonds. The third-order valence-corrected chi connectivity index (χ3v) is 6.41. The molecule has 0 bridgehead atoms. The van der Waals surface area contributed by atoms with Crippen molar-refractivity contribution in [2.24, 2.45) is 0 Å². The maximum absolute atomic E-state index is 13.3. The molecule has 2 aromatic carbocycles. The lowest BCUT2D eigenvalue weighted by atomic mass is 9.94. The lowest BCUT2D eigenvalue weighted by molar-refractivity contribution is -0.274. The van der Waals surface area contributed by atoms with Gasteiger partial charge in [0.05, 0.1) is 31.6 Å². The molecule has 0 radical (unpaired) electrons. The first-order valence-electron chi connectivity index (χ1n) is 12.7. The van der Waals surface area contributed by atoms with Crippen molar-refractivity contribution in [3.05, 3.63) is 41.5 Å². The molecule has 1 fully saturated rings. The van der Waals surface area contributed by atoms with E-state index in [-0.39, 0.29) is 29.6 Å². The predicted octanol–water partition coefficient (Wildman–Crippen LogP) is 5.11. The van der Waals surface area contributed by atoms with E-state index in [1.165, 1.54) is 13.2 Å². The number of fused-ring (bicyclic) bond motifs is 1. The van der Waals surface area contributed by atoms with Crippen LogP contribution in [0.5, 0.6) is 17.2 Å². The van der Waals surface area contributed by atoms with Crippen LogP contribution in [0.4, 0.5) is 29.3 Å². The molecular formula is C28H30F3N3O6. The van der Waals surface area contributed by atoms with Crippen molar-refractivity contribution in [2.75, 3.05) is 44.9 Å².